The fourth-order valence-corrected chi connectivity index (χ4v) is 1.81. The van der Waals surface area contributed by atoms with Gasteiger partial charge in [-0.1, -0.05) is 27.7 Å². The Kier molecular flexibility index (Phi) is 12.9. The van der Waals surface area contributed by atoms with Gasteiger partial charge in [0, 0.05) is 39.3 Å². The van der Waals surface area contributed by atoms with Gasteiger partial charge < -0.3 is 15.0 Å². The molecule has 1 saturated heterocycles. The van der Waals surface area contributed by atoms with E-state index in [4.69, 9.17) is 4.74 Å². The molecule has 5 heteroatoms. The first-order valence-corrected chi connectivity index (χ1v) is 7.79. The lowest BCUT2D eigenvalue weighted by molar-refractivity contribution is -0.109. The van der Waals surface area contributed by atoms with Crippen LogP contribution in [0.3, 0.4) is 0 Å². The van der Waals surface area contributed by atoms with Gasteiger partial charge in [-0.2, -0.15) is 0 Å². The number of likely N-dealkylation sites (N-methyl/N-ethyl adjacent to an activating group) is 1. The number of hydrogen-bond donors (Lipinski definition) is 1. The summed E-state index contributed by atoms with van der Waals surface area (Å²) < 4.78 is 5.41. The van der Waals surface area contributed by atoms with Crippen molar-refractivity contribution in [2.75, 3.05) is 59.0 Å². The monoisotopic (exact) mass is 287 g/mol. The Morgan fingerprint density at radius 2 is 1.65 bits per heavy atom. The molecule has 1 amide bonds. The van der Waals surface area contributed by atoms with E-state index in [1.165, 1.54) is 13.1 Å². The lowest BCUT2D eigenvalue weighted by Gasteiger charge is -2.33. The molecule has 1 aliphatic heterocycles. The van der Waals surface area contributed by atoms with Gasteiger partial charge in [-0.15, -0.1) is 0 Å². The van der Waals surface area contributed by atoms with Crippen LogP contribution in [0.4, 0.5) is 0 Å². The van der Waals surface area contributed by atoms with Crippen molar-refractivity contribution in [2.45, 2.75) is 27.7 Å². The summed E-state index contributed by atoms with van der Waals surface area (Å²) in [6.07, 6.45) is 0.702. The van der Waals surface area contributed by atoms with Crippen molar-refractivity contribution in [3.05, 3.63) is 0 Å². The van der Waals surface area contributed by atoms with Crippen LogP contribution in [0.25, 0.3) is 0 Å². The summed E-state index contributed by atoms with van der Waals surface area (Å²) in [7, 11) is 0. The second-order valence-electron chi connectivity index (χ2n) is 5.69. The van der Waals surface area contributed by atoms with Gasteiger partial charge in [0.2, 0.25) is 6.41 Å². The second kappa shape index (κ2) is 13.3. The van der Waals surface area contributed by atoms with Gasteiger partial charge >= 0.3 is 0 Å². The van der Waals surface area contributed by atoms with Crippen LogP contribution in [0.1, 0.15) is 27.7 Å². The van der Waals surface area contributed by atoms with Crippen molar-refractivity contribution in [1.82, 2.24) is 15.1 Å². The standard InChI is InChI=1S/C11H23N3O2.C4H10/c1-2-13-4-6-14(7-5-13)8-10-16-9-3-12-11-15;1-4(2)3/h11H,2-10H2,1H3,(H,12,15);4H,1-3H3. The minimum absolute atomic E-state index is 0.604. The third-order valence-electron chi connectivity index (χ3n) is 2.94. The number of ether oxygens (including phenoxy) is 1. The van der Waals surface area contributed by atoms with Crippen molar-refractivity contribution in [3.63, 3.8) is 0 Å². The van der Waals surface area contributed by atoms with Gasteiger partial charge in [0.25, 0.3) is 0 Å². The molecule has 1 heterocycles. The van der Waals surface area contributed by atoms with Gasteiger partial charge in [-0.3, -0.25) is 9.69 Å². The molecule has 0 aliphatic carbocycles. The summed E-state index contributed by atoms with van der Waals surface area (Å²) in [5.74, 6) is 0.833. The van der Waals surface area contributed by atoms with Crippen LogP contribution in [0.5, 0.6) is 0 Å². The van der Waals surface area contributed by atoms with Crippen LogP contribution in [-0.2, 0) is 9.53 Å². The molecule has 20 heavy (non-hydrogen) atoms. The summed E-state index contributed by atoms with van der Waals surface area (Å²) in [4.78, 5) is 14.9. The SMILES string of the molecule is CC(C)C.CCN1CCN(CCOCCNC=O)CC1. The van der Waals surface area contributed by atoms with Crippen molar-refractivity contribution in [1.29, 1.82) is 0 Å². The van der Waals surface area contributed by atoms with Crippen molar-refractivity contribution in [2.24, 2.45) is 5.92 Å². The Morgan fingerprint density at radius 3 is 2.15 bits per heavy atom. The summed E-state index contributed by atoms with van der Waals surface area (Å²) in [6, 6.07) is 0. The Hall–Kier alpha value is -0.650. The molecule has 0 aromatic rings. The summed E-state index contributed by atoms with van der Waals surface area (Å²) in [5.41, 5.74) is 0. The number of hydrogen-bond acceptors (Lipinski definition) is 4. The number of rotatable bonds is 8. The molecule has 5 nitrogen and oxygen atoms in total. The van der Waals surface area contributed by atoms with E-state index in [1.54, 1.807) is 0 Å². The molecular weight excluding hydrogens is 254 g/mol. The Balaban J connectivity index is 0.000000796. The largest absolute Gasteiger partial charge is 0.378 e. The van der Waals surface area contributed by atoms with Crippen LogP contribution in [0.2, 0.25) is 0 Å². The molecule has 0 spiro atoms. The van der Waals surface area contributed by atoms with Crippen molar-refractivity contribution >= 4 is 6.41 Å². The summed E-state index contributed by atoms with van der Waals surface area (Å²) >= 11 is 0. The number of nitrogens with one attached hydrogen (secondary N) is 1. The van der Waals surface area contributed by atoms with Gasteiger partial charge in [0.1, 0.15) is 0 Å². The quantitative estimate of drug-likeness (QED) is 0.535. The highest BCUT2D eigenvalue weighted by Gasteiger charge is 2.14. The number of carbonyl (C=O) groups is 1. The number of nitrogens with zero attached hydrogens (tertiary/aromatic N) is 2. The topological polar surface area (TPSA) is 44.8 Å². The fourth-order valence-electron chi connectivity index (χ4n) is 1.81. The molecule has 1 fully saturated rings. The molecular formula is C15H33N3O2. The van der Waals surface area contributed by atoms with Crippen molar-refractivity contribution in [3.8, 4) is 0 Å². The summed E-state index contributed by atoms with van der Waals surface area (Å²) in [6.45, 7) is 17.5. The van der Waals surface area contributed by atoms with Crippen LogP contribution >= 0.6 is 0 Å². The van der Waals surface area contributed by atoms with E-state index in [9.17, 15) is 4.79 Å². The third-order valence-corrected chi connectivity index (χ3v) is 2.94. The van der Waals surface area contributed by atoms with E-state index < -0.39 is 0 Å². The summed E-state index contributed by atoms with van der Waals surface area (Å²) in [5, 5.41) is 2.57. The van der Waals surface area contributed by atoms with E-state index in [0.717, 1.165) is 38.7 Å². The maximum atomic E-state index is 9.96. The lowest BCUT2D eigenvalue weighted by atomic mass is 10.3. The molecule has 1 rings (SSSR count). The van der Waals surface area contributed by atoms with Crippen LogP contribution < -0.4 is 5.32 Å². The predicted octanol–water partition coefficient (Wildman–Crippen LogP) is 1.05. The van der Waals surface area contributed by atoms with E-state index in [2.05, 4.69) is 42.8 Å². The first-order chi connectivity index (χ1) is 9.60. The Morgan fingerprint density at radius 1 is 1.10 bits per heavy atom. The molecule has 1 aliphatic rings. The zero-order chi connectivity index (χ0) is 15.2. The highest BCUT2D eigenvalue weighted by Crippen LogP contribution is 2.00. The van der Waals surface area contributed by atoms with Gasteiger partial charge in [0.15, 0.2) is 0 Å². The predicted molar refractivity (Wildman–Crippen MR) is 84.0 cm³/mol. The Bertz CT molecular complexity index is 214. The van der Waals surface area contributed by atoms with Crippen LogP contribution in [0, 0.1) is 5.92 Å². The van der Waals surface area contributed by atoms with E-state index in [0.29, 0.717) is 19.6 Å². The first-order valence-electron chi connectivity index (χ1n) is 7.79. The van der Waals surface area contributed by atoms with E-state index >= 15 is 0 Å². The molecule has 0 bridgehead atoms. The molecule has 0 saturated carbocycles. The van der Waals surface area contributed by atoms with Gasteiger partial charge in [0.05, 0.1) is 13.2 Å². The zero-order valence-electron chi connectivity index (χ0n) is 13.7. The molecule has 1 N–H and O–H groups in total. The van der Waals surface area contributed by atoms with Gasteiger partial charge in [-0.25, -0.2) is 0 Å². The van der Waals surface area contributed by atoms with Crippen LogP contribution in [-0.4, -0.2) is 75.2 Å². The average Bonchev–Trinajstić information content (AvgIpc) is 2.43. The molecule has 0 unspecified atom stereocenters. The number of piperazine rings is 1. The van der Waals surface area contributed by atoms with Gasteiger partial charge in [-0.05, 0) is 12.5 Å². The smallest absolute Gasteiger partial charge is 0.207 e. The van der Waals surface area contributed by atoms with Crippen LogP contribution in [0.15, 0.2) is 0 Å². The molecule has 0 radical (unpaired) electrons. The molecule has 0 aromatic carbocycles. The highest BCUT2D eigenvalue weighted by atomic mass is 16.5. The van der Waals surface area contributed by atoms with Crippen molar-refractivity contribution < 1.29 is 9.53 Å². The van der Waals surface area contributed by atoms with E-state index in [1.807, 2.05) is 0 Å². The first kappa shape index (κ1) is 19.4. The second-order valence-corrected chi connectivity index (χ2v) is 5.69. The number of carbonyl (C=O) groups excluding carboxylic acids is 1. The maximum absolute atomic E-state index is 9.96. The third kappa shape index (κ3) is 12.4. The maximum Gasteiger partial charge on any atom is 0.207 e. The minimum Gasteiger partial charge on any atom is -0.378 e. The zero-order valence-corrected chi connectivity index (χ0v) is 13.7. The lowest BCUT2D eigenvalue weighted by Crippen LogP contribution is -2.47. The average molecular weight is 287 g/mol. The Labute approximate surface area is 124 Å². The molecule has 120 valence electrons. The molecule has 0 aromatic heterocycles. The fraction of sp³-hybridized carbons (Fsp3) is 0.933. The number of amides is 1. The minimum atomic E-state index is 0.604. The normalized spacial score (nSPS) is 16.6. The highest BCUT2D eigenvalue weighted by molar-refractivity contribution is 5.45. The van der Waals surface area contributed by atoms with E-state index in [-0.39, 0.29) is 0 Å². The molecule has 0 atom stereocenters.